The topological polar surface area (TPSA) is 61.2 Å². The Morgan fingerprint density at radius 3 is 2.64 bits per heavy atom. The van der Waals surface area contributed by atoms with Gasteiger partial charge in [0.25, 0.3) is 5.91 Å². The molecule has 9 heteroatoms. The zero-order valence-electron chi connectivity index (χ0n) is 18.2. The Morgan fingerprint density at radius 2 is 1.85 bits per heavy atom. The van der Waals surface area contributed by atoms with Gasteiger partial charge in [0.1, 0.15) is 11.7 Å². The number of likely N-dealkylation sites (tertiary alicyclic amines) is 1. The van der Waals surface area contributed by atoms with Crippen molar-refractivity contribution in [2.45, 2.75) is 25.4 Å². The van der Waals surface area contributed by atoms with Crippen molar-refractivity contribution in [3.63, 3.8) is 0 Å². The van der Waals surface area contributed by atoms with Crippen LogP contribution in [0.3, 0.4) is 0 Å². The van der Waals surface area contributed by atoms with Crippen LogP contribution in [0.1, 0.15) is 28.9 Å². The van der Waals surface area contributed by atoms with Crippen LogP contribution in [-0.2, 0) is 11.3 Å². The number of hydrogen-bond donors (Lipinski definition) is 0. The molecule has 2 aromatic heterocycles. The van der Waals surface area contributed by atoms with Gasteiger partial charge in [-0.2, -0.15) is 0 Å². The number of halogens is 2. The van der Waals surface area contributed by atoms with E-state index in [1.807, 2.05) is 33.7 Å². The molecular formula is C24H25Cl2N5O2. The molecule has 0 spiro atoms. The number of aromatic nitrogens is 2. The van der Waals surface area contributed by atoms with Gasteiger partial charge in [0.05, 0.1) is 16.3 Å². The first-order chi connectivity index (χ1) is 16.0. The van der Waals surface area contributed by atoms with Crippen molar-refractivity contribution in [1.29, 1.82) is 0 Å². The van der Waals surface area contributed by atoms with Crippen LogP contribution in [0.25, 0.3) is 5.65 Å². The molecule has 0 N–H and O–H groups in total. The molecular weight excluding hydrogens is 461 g/mol. The van der Waals surface area contributed by atoms with Crippen molar-refractivity contribution < 1.29 is 9.59 Å². The lowest BCUT2D eigenvalue weighted by molar-refractivity contribution is -0.137. The van der Waals surface area contributed by atoms with E-state index in [1.165, 1.54) is 0 Å². The van der Waals surface area contributed by atoms with Gasteiger partial charge >= 0.3 is 0 Å². The van der Waals surface area contributed by atoms with E-state index in [-0.39, 0.29) is 11.8 Å². The van der Waals surface area contributed by atoms with Crippen molar-refractivity contribution in [2.75, 3.05) is 32.7 Å². The minimum Gasteiger partial charge on any atom is -0.338 e. The second-order valence-electron chi connectivity index (χ2n) is 8.58. The second-order valence-corrected chi connectivity index (χ2v) is 9.42. The van der Waals surface area contributed by atoms with E-state index in [9.17, 15) is 9.59 Å². The fraction of sp³-hybridized carbons (Fsp3) is 0.375. The third-order valence-electron chi connectivity index (χ3n) is 6.44. The Morgan fingerprint density at radius 1 is 1.03 bits per heavy atom. The molecule has 2 aliphatic rings. The maximum Gasteiger partial charge on any atom is 0.256 e. The summed E-state index contributed by atoms with van der Waals surface area (Å²) in [6.07, 6.45) is 5.52. The number of nitrogens with zero attached hydrogens (tertiary/aromatic N) is 5. The smallest absolute Gasteiger partial charge is 0.256 e. The fourth-order valence-corrected chi connectivity index (χ4v) is 5.08. The van der Waals surface area contributed by atoms with E-state index in [4.69, 9.17) is 23.2 Å². The van der Waals surface area contributed by atoms with E-state index in [2.05, 4.69) is 16.1 Å². The number of imidazole rings is 1. The van der Waals surface area contributed by atoms with Gasteiger partial charge < -0.3 is 14.2 Å². The number of rotatable bonds is 4. The minimum absolute atomic E-state index is 0.0198. The first-order valence-electron chi connectivity index (χ1n) is 11.2. The number of benzene rings is 1. The molecule has 0 bridgehead atoms. The van der Waals surface area contributed by atoms with Crippen molar-refractivity contribution in [3.8, 4) is 0 Å². The molecule has 1 aromatic carbocycles. The standard InChI is InChI=1S/C24H25Cl2N5O2/c25-17-6-7-20(26)19(14-17)23(32)31-9-3-4-21(31)24(33)29-12-10-28(11-13-29)15-18-16-30-8-2-1-5-22(30)27-18/h1-2,5-8,14,16,21H,3-4,9-13,15H2. The summed E-state index contributed by atoms with van der Waals surface area (Å²) in [6, 6.07) is 10.4. The van der Waals surface area contributed by atoms with Gasteiger partial charge in [0.2, 0.25) is 5.91 Å². The number of fused-ring (bicyclic) bond motifs is 1. The number of carbonyl (C=O) groups is 2. The molecule has 172 valence electrons. The number of piperazine rings is 1. The largest absolute Gasteiger partial charge is 0.338 e. The van der Waals surface area contributed by atoms with E-state index in [0.717, 1.165) is 37.4 Å². The highest BCUT2D eigenvalue weighted by Gasteiger charge is 2.38. The Bertz CT molecular complexity index is 1160. The van der Waals surface area contributed by atoms with Crippen LogP contribution in [0.2, 0.25) is 10.0 Å². The Labute approximate surface area is 202 Å². The highest BCUT2D eigenvalue weighted by molar-refractivity contribution is 6.35. The van der Waals surface area contributed by atoms with Gasteiger partial charge in [-0.15, -0.1) is 0 Å². The van der Waals surface area contributed by atoms with Gasteiger partial charge in [0, 0.05) is 56.7 Å². The highest BCUT2D eigenvalue weighted by atomic mass is 35.5. The van der Waals surface area contributed by atoms with Crippen LogP contribution >= 0.6 is 23.2 Å². The van der Waals surface area contributed by atoms with E-state index in [0.29, 0.717) is 41.7 Å². The molecule has 0 saturated carbocycles. The van der Waals surface area contributed by atoms with E-state index >= 15 is 0 Å². The summed E-state index contributed by atoms with van der Waals surface area (Å²) in [6.45, 7) is 4.14. The third-order valence-corrected chi connectivity index (χ3v) is 7.01. The number of hydrogen-bond acceptors (Lipinski definition) is 4. The molecule has 33 heavy (non-hydrogen) atoms. The summed E-state index contributed by atoms with van der Waals surface area (Å²) in [5.74, 6) is -0.213. The van der Waals surface area contributed by atoms with Gasteiger partial charge in [0.15, 0.2) is 0 Å². The molecule has 5 rings (SSSR count). The summed E-state index contributed by atoms with van der Waals surface area (Å²) in [5, 5.41) is 0.801. The fourth-order valence-electron chi connectivity index (χ4n) is 4.71. The average Bonchev–Trinajstić information content (AvgIpc) is 3.47. The van der Waals surface area contributed by atoms with Gasteiger partial charge in [-0.05, 0) is 43.2 Å². The first kappa shape index (κ1) is 22.2. The van der Waals surface area contributed by atoms with Gasteiger partial charge in [-0.1, -0.05) is 29.3 Å². The van der Waals surface area contributed by atoms with E-state index < -0.39 is 6.04 Å². The Hall–Kier alpha value is -2.61. The second kappa shape index (κ2) is 9.33. The van der Waals surface area contributed by atoms with E-state index in [1.54, 1.807) is 23.1 Å². The third kappa shape index (κ3) is 4.58. The number of pyridine rings is 1. The summed E-state index contributed by atoms with van der Waals surface area (Å²) in [7, 11) is 0. The number of carbonyl (C=O) groups excluding carboxylic acids is 2. The molecule has 7 nitrogen and oxygen atoms in total. The van der Waals surface area contributed by atoms with Crippen molar-refractivity contribution in [1.82, 2.24) is 24.1 Å². The molecule has 0 radical (unpaired) electrons. The van der Waals surface area contributed by atoms with Crippen molar-refractivity contribution >= 4 is 40.7 Å². The van der Waals surface area contributed by atoms with Gasteiger partial charge in [-0.3, -0.25) is 14.5 Å². The molecule has 1 unspecified atom stereocenters. The van der Waals surface area contributed by atoms with Crippen LogP contribution in [0.4, 0.5) is 0 Å². The van der Waals surface area contributed by atoms with Crippen molar-refractivity contribution in [2.24, 2.45) is 0 Å². The monoisotopic (exact) mass is 485 g/mol. The predicted octanol–water partition coefficient (Wildman–Crippen LogP) is 3.59. The summed E-state index contributed by atoms with van der Waals surface area (Å²) < 4.78 is 2.02. The van der Waals surface area contributed by atoms with Crippen molar-refractivity contribution in [3.05, 3.63) is 70.1 Å². The number of amides is 2. The predicted molar refractivity (Wildman–Crippen MR) is 128 cm³/mol. The normalized spacial score (nSPS) is 19.4. The molecule has 4 heterocycles. The maximum atomic E-state index is 13.3. The minimum atomic E-state index is -0.447. The lowest BCUT2D eigenvalue weighted by Crippen LogP contribution is -2.54. The summed E-state index contributed by atoms with van der Waals surface area (Å²) >= 11 is 12.3. The molecule has 0 aliphatic carbocycles. The Kier molecular flexibility index (Phi) is 6.27. The highest BCUT2D eigenvalue weighted by Crippen LogP contribution is 2.27. The summed E-state index contributed by atoms with van der Waals surface area (Å²) in [5.41, 5.74) is 2.31. The lowest BCUT2D eigenvalue weighted by Gasteiger charge is -2.37. The lowest BCUT2D eigenvalue weighted by atomic mass is 10.1. The molecule has 2 saturated heterocycles. The quantitative estimate of drug-likeness (QED) is 0.566. The van der Waals surface area contributed by atoms with Crippen LogP contribution in [-0.4, -0.2) is 74.7 Å². The molecule has 2 amide bonds. The molecule has 2 aliphatic heterocycles. The average molecular weight is 486 g/mol. The molecule has 3 aromatic rings. The zero-order valence-corrected chi connectivity index (χ0v) is 19.7. The Balaban J connectivity index is 1.21. The van der Waals surface area contributed by atoms with Crippen LogP contribution < -0.4 is 0 Å². The summed E-state index contributed by atoms with van der Waals surface area (Å²) in [4.78, 5) is 37.0. The zero-order chi connectivity index (χ0) is 22.9. The first-order valence-corrected chi connectivity index (χ1v) is 11.9. The van der Waals surface area contributed by atoms with Crippen LogP contribution in [0.5, 0.6) is 0 Å². The maximum absolute atomic E-state index is 13.3. The SMILES string of the molecule is O=C(C1CCCN1C(=O)c1cc(Cl)ccc1Cl)N1CCN(Cc2cn3ccccc3n2)CC1. The van der Waals surface area contributed by atoms with Crippen LogP contribution in [0, 0.1) is 0 Å². The van der Waals surface area contributed by atoms with Gasteiger partial charge in [-0.25, -0.2) is 4.98 Å². The molecule has 1 atom stereocenters. The molecule has 2 fully saturated rings. The van der Waals surface area contributed by atoms with Crippen LogP contribution in [0.15, 0.2) is 48.8 Å².